The van der Waals surface area contributed by atoms with Crippen LogP contribution in [0.5, 0.6) is 0 Å². The minimum atomic E-state index is -4.12. The third-order valence-electron chi connectivity index (χ3n) is 1.42. The van der Waals surface area contributed by atoms with Gasteiger partial charge in [0.25, 0.3) is 10.1 Å². The number of hydrogen-bond acceptors (Lipinski definition) is 2. The van der Waals surface area contributed by atoms with E-state index in [1.54, 1.807) is 12.1 Å². The van der Waals surface area contributed by atoms with Crippen molar-refractivity contribution in [2.45, 2.75) is 4.90 Å². The molecule has 0 aromatic heterocycles. The van der Waals surface area contributed by atoms with Crippen LogP contribution < -0.4 is 51.4 Å². The maximum Gasteiger partial charge on any atom is 1.00 e. The second kappa shape index (κ2) is 5.40. The summed E-state index contributed by atoms with van der Waals surface area (Å²) < 4.78 is 30.2. The average molecular weight is 223 g/mol. The molecule has 0 bridgehead atoms. The molecular formula is C8H8KO3S+. The van der Waals surface area contributed by atoms with Gasteiger partial charge in [-0.15, -0.1) is 0 Å². The predicted molar refractivity (Wildman–Crippen MR) is 46.3 cm³/mol. The first-order valence-corrected chi connectivity index (χ1v) is 4.68. The SMILES string of the molecule is C=Cc1ccccc1S(=O)(=O)O.[K+]. The van der Waals surface area contributed by atoms with Crippen molar-refractivity contribution in [3.63, 3.8) is 0 Å². The third kappa shape index (κ3) is 3.63. The van der Waals surface area contributed by atoms with Gasteiger partial charge in [-0.2, -0.15) is 8.42 Å². The summed E-state index contributed by atoms with van der Waals surface area (Å²) in [6.07, 6.45) is 1.38. The van der Waals surface area contributed by atoms with E-state index in [-0.39, 0.29) is 56.3 Å². The maximum absolute atomic E-state index is 10.7. The zero-order valence-electron chi connectivity index (χ0n) is 7.27. The first-order chi connectivity index (χ1) is 5.55. The first kappa shape index (κ1) is 13.5. The van der Waals surface area contributed by atoms with Gasteiger partial charge in [0.05, 0.1) is 0 Å². The molecule has 64 valence electrons. The molecule has 3 nitrogen and oxygen atoms in total. The molecule has 1 aromatic carbocycles. The van der Waals surface area contributed by atoms with Crippen LogP contribution in [0, 0.1) is 0 Å². The summed E-state index contributed by atoms with van der Waals surface area (Å²) >= 11 is 0. The third-order valence-corrected chi connectivity index (χ3v) is 2.34. The molecule has 0 atom stereocenters. The van der Waals surface area contributed by atoms with E-state index in [0.29, 0.717) is 5.56 Å². The monoisotopic (exact) mass is 223 g/mol. The molecule has 1 N–H and O–H groups in total. The van der Waals surface area contributed by atoms with Crippen LogP contribution in [0.2, 0.25) is 0 Å². The van der Waals surface area contributed by atoms with Crippen LogP contribution in [0.3, 0.4) is 0 Å². The Kier molecular flexibility index (Phi) is 5.61. The van der Waals surface area contributed by atoms with Crippen molar-refractivity contribution in [2.75, 3.05) is 0 Å². The Hall–Kier alpha value is 0.506. The van der Waals surface area contributed by atoms with Crippen LogP contribution in [-0.2, 0) is 10.1 Å². The van der Waals surface area contributed by atoms with Gasteiger partial charge in [-0.1, -0.05) is 30.9 Å². The van der Waals surface area contributed by atoms with Crippen molar-refractivity contribution in [3.05, 3.63) is 36.4 Å². The van der Waals surface area contributed by atoms with Crippen LogP contribution >= 0.6 is 0 Å². The van der Waals surface area contributed by atoms with Gasteiger partial charge in [-0.05, 0) is 11.6 Å². The molecule has 1 aromatic rings. The van der Waals surface area contributed by atoms with Gasteiger partial charge >= 0.3 is 51.4 Å². The van der Waals surface area contributed by atoms with Gasteiger partial charge in [-0.3, -0.25) is 4.55 Å². The Morgan fingerprint density at radius 2 is 1.85 bits per heavy atom. The van der Waals surface area contributed by atoms with Crippen LogP contribution in [-0.4, -0.2) is 13.0 Å². The summed E-state index contributed by atoms with van der Waals surface area (Å²) in [7, 11) is -4.12. The summed E-state index contributed by atoms with van der Waals surface area (Å²) in [5.41, 5.74) is 0.403. The van der Waals surface area contributed by atoms with Gasteiger partial charge in [0, 0.05) is 0 Å². The second-order valence-corrected chi connectivity index (χ2v) is 3.61. The van der Waals surface area contributed by atoms with Crippen molar-refractivity contribution in [1.29, 1.82) is 0 Å². The van der Waals surface area contributed by atoms with Crippen molar-refractivity contribution in [3.8, 4) is 0 Å². The van der Waals surface area contributed by atoms with Gasteiger partial charge in [-0.25, -0.2) is 0 Å². The van der Waals surface area contributed by atoms with E-state index in [0.717, 1.165) is 0 Å². The molecule has 5 heteroatoms. The zero-order chi connectivity index (χ0) is 9.19. The summed E-state index contributed by atoms with van der Waals surface area (Å²) in [6.45, 7) is 3.43. The number of benzene rings is 1. The molecule has 0 aliphatic rings. The largest absolute Gasteiger partial charge is 1.00 e. The minimum Gasteiger partial charge on any atom is -0.282 e. The average Bonchev–Trinajstić information content (AvgIpc) is 2.03. The summed E-state index contributed by atoms with van der Waals surface area (Å²) in [5, 5.41) is 0. The number of hydrogen-bond donors (Lipinski definition) is 1. The van der Waals surface area contributed by atoms with Crippen LogP contribution in [0.4, 0.5) is 0 Å². The minimum absolute atomic E-state index is 0. The quantitative estimate of drug-likeness (QED) is 0.494. The fraction of sp³-hybridized carbons (Fsp3) is 0. The molecule has 13 heavy (non-hydrogen) atoms. The van der Waals surface area contributed by atoms with E-state index in [1.165, 1.54) is 18.2 Å². The van der Waals surface area contributed by atoms with Crippen molar-refractivity contribution in [2.24, 2.45) is 0 Å². The van der Waals surface area contributed by atoms with E-state index in [1.807, 2.05) is 0 Å². The molecule has 0 saturated heterocycles. The summed E-state index contributed by atoms with van der Waals surface area (Å²) in [5.74, 6) is 0. The molecule has 0 aliphatic carbocycles. The van der Waals surface area contributed by atoms with Crippen molar-refractivity contribution < 1.29 is 64.4 Å². The molecule has 0 radical (unpaired) electrons. The molecule has 0 spiro atoms. The van der Waals surface area contributed by atoms with Crippen molar-refractivity contribution in [1.82, 2.24) is 0 Å². The first-order valence-electron chi connectivity index (χ1n) is 3.24. The fourth-order valence-electron chi connectivity index (χ4n) is 0.884. The van der Waals surface area contributed by atoms with E-state index in [2.05, 4.69) is 6.58 Å². The standard InChI is InChI=1S/C8H8O3S.K/c1-2-7-5-3-4-6-8(7)12(9,10)11;/h2-6H,1H2,(H,9,10,11);/q;+1. The van der Waals surface area contributed by atoms with E-state index < -0.39 is 10.1 Å². The molecule has 0 unspecified atom stereocenters. The van der Waals surface area contributed by atoms with E-state index in [9.17, 15) is 8.42 Å². The molecule has 0 aliphatic heterocycles. The Morgan fingerprint density at radius 3 is 2.23 bits per heavy atom. The molecular weight excluding hydrogens is 215 g/mol. The van der Waals surface area contributed by atoms with Gasteiger partial charge in [0.2, 0.25) is 0 Å². The predicted octanol–water partition coefficient (Wildman–Crippen LogP) is -1.42. The van der Waals surface area contributed by atoms with Gasteiger partial charge in [0.1, 0.15) is 4.90 Å². The van der Waals surface area contributed by atoms with E-state index >= 15 is 0 Å². The second-order valence-electron chi connectivity index (χ2n) is 2.22. The van der Waals surface area contributed by atoms with Crippen molar-refractivity contribution >= 4 is 16.2 Å². The maximum atomic E-state index is 10.7. The topological polar surface area (TPSA) is 54.4 Å². The van der Waals surface area contributed by atoms with Gasteiger partial charge < -0.3 is 0 Å². The Bertz CT molecular complexity index is 398. The summed E-state index contributed by atoms with van der Waals surface area (Å²) in [4.78, 5) is -0.111. The van der Waals surface area contributed by atoms with Gasteiger partial charge in [0.15, 0.2) is 0 Å². The van der Waals surface area contributed by atoms with E-state index in [4.69, 9.17) is 4.55 Å². The molecule has 1 rings (SSSR count). The molecule has 0 heterocycles. The molecule has 0 saturated carbocycles. The Morgan fingerprint density at radius 1 is 1.31 bits per heavy atom. The zero-order valence-corrected chi connectivity index (χ0v) is 11.2. The normalized spacial score (nSPS) is 10.2. The van der Waals surface area contributed by atoms with Crippen LogP contribution in [0.15, 0.2) is 35.7 Å². The smallest absolute Gasteiger partial charge is 0.282 e. The van der Waals surface area contributed by atoms with Crippen LogP contribution in [0.25, 0.3) is 6.08 Å². The van der Waals surface area contributed by atoms with Crippen LogP contribution in [0.1, 0.15) is 5.56 Å². The fourth-order valence-corrected chi connectivity index (χ4v) is 1.58. The Labute approximate surface area is 120 Å². The summed E-state index contributed by atoms with van der Waals surface area (Å²) in [6, 6.07) is 6.10. The molecule has 0 fully saturated rings. The number of rotatable bonds is 2. The Balaban J connectivity index is 0.00000144. The molecule has 0 amide bonds.